The first kappa shape index (κ1) is 19.9. The van der Waals surface area contributed by atoms with Crippen LogP contribution in [0.4, 0.5) is 0 Å². The summed E-state index contributed by atoms with van der Waals surface area (Å²) in [6.07, 6.45) is 1.09. The molecule has 0 aliphatic carbocycles. The van der Waals surface area contributed by atoms with Crippen molar-refractivity contribution < 1.29 is 14.4 Å². The summed E-state index contributed by atoms with van der Waals surface area (Å²) in [4.78, 5) is 20.3. The van der Waals surface area contributed by atoms with Crippen LogP contribution >= 0.6 is 0 Å². The van der Waals surface area contributed by atoms with Crippen molar-refractivity contribution in [3.05, 3.63) is 65.7 Å². The number of hydrogen-bond donors (Lipinski definition) is 0. The van der Waals surface area contributed by atoms with E-state index in [1.54, 1.807) is 7.11 Å². The highest BCUT2D eigenvalue weighted by atomic mass is 16.6. The molecule has 2 aromatic rings. The molecule has 0 radical (unpaired) electrons. The Bertz CT molecular complexity index is 800. The van der Waals surface area contributed by atoms with Crippen LogP contribution in [0.25, 0.3) is 0 Å². The van der Waals surface area contributed by atoms with Gasteiger partial charge in [-0.1, -0.05) is 49.3 Å². The first-order chi connectivity index (χ1) is 13.5. The number of rotatable bonds is 8. The Hall–Kier alpha value is -2.82. The molecule has 28 heavy (non-hydrogen) atoms. The number of hydrogen-bond acceptors (Lipinski definition) is 4. The average Bonchev–Trinajstić information content (AvgIpc) is 3.16. The summed E-state index contributed by atoms with van der Waals surface area (Å²) in [7, 11) is 1.65. The molecule has 0 bridgehead atoms. The summed E-state index contributed by atoms with van der Waals surface area (Å²) >= 11 is 0. The van der Waals surface area contributed by atoms with Gasteiger partial charge in [0, 0.05) is 19.4 Å². The van der Waals surface area contributed by atoms with Crippen LogP contribution in [0.1, 0.15) is 37.8 Å². The molecule has 2 aromatic carbocycles. The third-order valence-corrected chi connectivity index (χ3v) is 4.73. The van der Waals surface area contributed by atoms with E-state index in [1.165, 1.54) is 0 Å². The third kappa shape index (κ3) is 5.35. The van der Waals surface area contributed by atoms with Gasteiger partial charge < -0.3 is 14.5 Å². The van der Waals surface area contributed by atoms with E-state index in [0.29, 0.717) is 31.8 Å². The highest BCUT2D eigenvalue weighted by molar-refractivity contribution is 6.01. The van der Waals surface area contributed by atoms with Gasteiger partial charge in [-0.15, -0.1) is 0 Å². The van der Waals surface area contributed by atoms with Gasteiger partial charge in [0.1, 0.15) is 5.75 Å². The fraction of sp³-hybridized carbons (Fsp3) is 0.391. The van der Waals surface area contributed by atoms with Crippen molar-refractivity contribution in [2.24, 2.45) is 11.1 Å². The maximum atomic E-state index is 12.8. The van der Waals surface area contributed by atoms with Crippen LogP contribution in [-0.4, -0.2) is 36.3 Å². The lowest BCUT2D eigenvalue weighted by molar-refractivity contribution is -0.134. The Morgan fingerprint density at radius 1 is 1.18 bits per heavy atom. The van der Waals surface area contributed by atoms with Crippen LogP contribution in [0.3, 0.4) is 0 Å². The molecule has 1 aliphatic rings. The van der Waals surface area contributed by atoms with Crippen molar-refractivity contribution in [1.29, 1.82) is 0 Å². The van der Waals surface area contributed by atoms with Crippen molar-refractivity contribution in [3.63, 3.8) is 0 Å². The zero-order valence-corrected chi connectivity index (χ0v) is 16.8. The Balaban J connectivity index is 1.64. The Morgan fingerprint density at radius 2 is 1.89 bits per heavy atom. The summed E-state index contributed by atoms with van der Waals surface area (Å²) in [6, 6.07) is 17.9. The van der Waals surface area contributed by atoms with Gasteiger partial charge in [-0.25, -0.2) is 0 Å². The number of carbonyl (C=O) groups is 1. The van der Waals surface area contributed by atoms with E-state index in [1.807, 2.05) is 59.5 Å². The zero-order chi connectivity index (χ0) is 19.9. The van der Waals surface area contributed by atoms with Gasteiger partial charge in [-0.2, -0.15) is 0 Å². The van der Waals surface area contributed by atoms with E-state index < -0.39 is 0 Å². The smallest absolute Gasteiger partial charge is 0.223 e. The Kier molecular flexibility index (Phi) is 6.69. The number of nitrogens with zero attached hydrogens (tertiary/aromatic N) is 2. The molecule has 0 saturated carbocycles. The predicted octanol–water partition coefficient (Wildman–Crippen LogP) is 4.26. The lowest BCUT2D eigenvalue weighted by Gasteiger charge is -2.26. The second-order valence-corrected chi connectivity index (χ2v) is 7.56. The normalized spacial score (nSPS) is 15.9. The van der Waals surface area contributed by atoms with E-state index >= 15 is 0 Å². The number of benzene rings is 2. The minimum atomic E-state index is -0.128. The molecule has 0 fully saturated rings. The molecule has 0 aromatic heterocycles. The summed E-state index contributed by atoms with van der Waals surface area (Å²) in [5.74, 6) is 1.29. The van der Waals surface area contributed by atoms with Gasteiger partial charge in [0.15, 0.2) is 6.10 Å². The molecule has 1 aliphatic heterocycles. The van der Waals surface area contributed by atoms with Crippen molar-refractivity contribution >= 4 is 11.6 Å². The lowest BCUT2D eigenvalue weighted by atomic mass is 10.0. The lowest BCUT2D eigenvalue weighted by Crippen LogP contribution is -2.37. The quantitative estimate of drug-likeness (QED) is 0.687. The van der Waals surface area contributed by atoms with Gasteiger partial charge in [-0.05, 0) is 41.3 Å². The maximum Gasteiger partial charge on any atom is 0.223 e. The molecule has 148 valence electrons. The number of amides is 1. The predicted molar refractivity (Wildman–Crippen MR) is 110 cm³/mol. The summed E-state index contributed by atoms with van der Waals surface area (Å²) < 4.78 is 5.20. The number of carbonyl (C=O) groups excluding carboxylic acids is 1. The van der Waals surface area contributed by atoms with Gasteiger partial charge in [0.2, 0.25) is 5.91 Å². The van der Waals surface area contributed by atoms with E-state index in [0.717, 1.165) is 22.6 Å². The molecule has 5 nitrogen and oxygen atoms in total. The molecule has 0 spiro atoms. The molecule has 3 rings (SSSR count). The summed E-state index contributed by atoms with van der Waals surface area (Å²) in [5, 5.41) is 4.26. The molecule has 0 N–H and O–H groups in total. The Labute approximate surface area is 166 Å². The standard InChI is InChI=1S/C23H28N2O3/c1-17(2)13-23(26)25(15-18-7-5-4-6-8-18)16-21-14-22(24-28-21)19-9-11-20(27-3)12-10-19/h4-12,17,21H,13-16H2,1-3H3/t21-/m0/s1. The molecule has 1 atom stereocenters. The topological polar surface area (TPSA) is 51.1 Å². The van der Waals surface area contributed by atoms with Gasteiger partial charge >= 0.3 is 0 Å². The van der Waals surface area contributed by atoms with Gasteiger partial charge in [0.25, 0.3) is 0 Å². The third-order valence-electron chi connectivity index (χ3n) is 4.73. The molecule has 1 heterocycles. The van der Waals surface area contributed by atoms with Crippen LogP contribution < -0.4 is 4.74 Å². The number of methoxy groups -OCH3 is 1. The summed E-state index contributed by atoms with van der Waals surface area (Å²) in [6.45, 7) is 5.25. The maximum absolute atomic E-state index is 12.8. The molecule has 1 amide bonds. The van der Waals surface area contributed by atoms with Gasteiger partial charge in [-0.3, -0.25) is 4.79 Å². The van der Waals surface area contributed by atoms with Crippen molar-refractivity contribution in [3.8, 4) is 5.75 Å². The highest BCUT2D eigenvalue weighted by Gasteiger charge is 2.27. The highest BCUT2D eigenvalue weighted by Crippen LogP contribution is 2.21. The monoisotopic (exact) mass is 380 g/mol. The van der Waals surface area contributed by atoms with Crippen LogP contribution in [0.5, 0.6) is 5.75 Å². The van der Waals surface area contributed by atoms with Crippen molar-refractivity contribution in [1.82, 2.24) is 4.90 Å². The zero-order valence-electron chi connectivity index (χ0n) is 16.8. The fourth-order valence-corrected chi connectivity index (χ4v) is 3.26. The molecule has 0 saturated heterocycles. The second kappa shape index (κ2) is 9.40. The minimum absolute atomic E-state index is 0.128. The first-order valence-electron chi connectivity index (χ1n) is 9.74. The molecule has 5 heteroatoms. The van der Waals surface area contributed by atoms with Crippen molar-refractivity contribution in [2.45, 2.75) is 39.3 Å². The van der Waals surface area contributed by atoms with Crippen LogP contribution in [0.2, 0.25) is 0 Å². The van der Waals surface area contributed by atoms with Gasteiger partial charge in [0.05, 0.1) is 19.4 Å². The summed E-state index contributed by atoms with van der Waals surface area (Å²) in [5.41, 5.74) is 3.05. The SMILES string of the molecule is COc1ccc(C2=NO[C@H](CN(Cc3ccccc3)C(=O)CC(C)C)C2)cc1. The molecule has 0 unspecified atom stereocenters. The fourth-order valence-electron chi connectivity index (χ4n) is 3.26. The first-order valence-corrected chi connectivity index (χ1v) is 9.74. The number of oxime groups is 1. The van der Waals surface area contributed by atoms with Crippen LogP contribution in [0.15, 0.2) is 59.8 Å². The Morgan fingerprint density at radius 3 is 2.54 bits per heavy atom. The van der Waals surface area contributed by atoms with Crippen LogP contribution in [-0.2, 0) is 16.2 Å². The molecular weight excluding hydrogens is 352 g/mol. The van der Waals surface area contributed by atoms with Crippen molar-refractivity contribution in [2.75, 3.05) is 13.7 Å². The molecular formula is C23H28N2O3. The van der Waals surface area contributed by atoms with E-state index in [9.17, 15) is 4.79 Å². The average molecular weight is 380 g/mol. The number of ether oxygens (including phenoxy) is 1. The largest absolute Gasteiger partial charge is 0.497 e. The van der Waals surface area contributed by atoms with E-state index in [-0.39, 0.29) is 12.0 Å². The van der Waals surface area contributed by atoms with E-state index in [4.69, 9.17) is 9.57 Å². The van der Waals surface area contributed by atoms with E-state index in [2.05, 4.69) is 19.0 Å². The van der Waals surface area contributed by atoms with Crippen LogP contribution in [0, 0.1) is 5.92 Å². The minimum Gasteiger partial charge on any atom is -0.497 e. The second-order valence-electron chi connectivity index (χ2n) is 7.56.